The highest BCUT2D eigenvalue weighted by molar-refractivity contribution is 6.00. The van der Waals surface area contributed by atoms with Crippen molar-refractivity contribution < 1.29 is 19.1 Å². The lowest BCUT2D eigenvalue weighted by molar-refractivity contribution is 0.302. The third kappa shape index (κ3) is 3.72. The zero-order valence-electron chi connectivity index (χ0n) is 11.8. The van der Waals surface area contributed by atoms with Crippen LogP contribution in [0, 0.1) is 5.82 Å². The molecule has 0 fully saturated rings. The first kappa shape index (κ1) is 14.8. The molecule has 0 atom stereocenters. The van der Waals surface area contributed by atoms with E-state index < -0.39 is 5.82 Å². The molecule has 5 heteroatoms. The van der Waals surface area contributed by atoms with Crippen LogP contribution >= 0.6 is 0 Å². The van der Waals surface area contributed by atoms with Gasteiger partial charge in [-0.2, -0.15) is 0 Å². The van der Waals surface area contributed by atoms with Crippen LogP contribution < -0.4 is 9.47 Å². The van der Waals surface area contributed by atoms with E-state index in [0.717, 1.165) is 11.3 Å². The van der Waals surface area contributed by atoms with Crippen molar-refractivity contribution in [1.29, 1.82) is 0 Å². The molecule has 2 aromatic rings. The molecule has 0 bridgehead atoms. The summed E-state index contributed by atoms with van der Waals surface area (Å²) in [6, 6.07) is 11.5. The second kappa shape index (κ2) is 6.74. The molecule has 0 aliphatic rings. The number of ether oxygens (including phenoxy) is 2. The number of methoxy groups -OCH3 is 1. The van der Waals surface area contributed by atoms with Crippen molar-refractivity contribution in [2.24, 2.45) is 5.16 Å². The minimum Gasteiger partial charge on any atom is -0.497 e. The van der Waals surface area contributed by atoms with Gasteiger partial charge in [0.1, 0.15) is 23.9 Å². The Morgan fingerprint density at radius 3 is 2.52 bits per heavy atom. The molecule has 0 aliphatic heterocycles. The van der Waals surface area contributed by atoms with Crippen molar-refractivity contribution in [3.05, 3.63) is 59.4 Å². The zero-order valence-corrected chi connectivity index (χ0v) is 11.8. The topological polar surface area (TPSA) is 51.0 Å². The molecule has 0 saturated heterocycles. The molecule has 4 nitrogen and oxygen atoms in total. The van der Waals surface area contributed by atoms with Crippen LogP contribution in [0.4, 0.5) is 4.39 Å². The predicted octanol–water partition coefficient (Wildman–Crippen LogP) is 3.61. The summed E-state index contributed by atoms with van der Waals surface area (Å²) in [5, 5.41) is 11.9. The Labute approximate surface area is 122 Å². The van der Waals surface area contributed by atoms with Crippen molar-refractivity contribution >= 4 is 5.71 Å². The molecule has 0 aliphatic carbocycles. The molecular formula is C16H16FNO3. The van der Waals surface area contributed by atoms with Crippen LogP contribution in [0.25, 0.3) is 0 Å². The van der Waals surface area contributed by atoms with Gasteiger partial charge in [-0.05, 0) is 42.8 Å². The van der Waals surface area contributed by atoms with Gasteiger partial charge in [-0.1, -0.05) is 17.3 Å². The van der Waals surface area contributed by atoms with Gasteiger partial charge >= 0.3 is 0 Å². The van der Waals surface area contributed by atoms with Gasteiger partial charge in [-0.25, -0.2) is 4.39 Å². The van der Waals surface area contributed by atoms with Gasteiger partial charge in [0, 0.05) is 5.56 Å². The van der Waals surface area contributed by atoms with Gasteiger partial charge in [0.15, 0.2) is 0 Å². The van der Waals surface area contributed by atoms with Crippen molar-refractivity contribution in [2.75, 3.05) is 7.11 Å². The predicted molar refractivity (Wildman–Crippen MR) is 77.7 cm³/mol. The highest BCUT2D eigenvalue weighted by Crippen LogP contribution is 2.22. The molecule has 1 N–H and O–H groups in total. The lowest BCUT2D eigenvalue weighted by Gasteiger charge is -2.11. The summed E-state index contributed by atoms with van der Waals surface area (Å²) < 4.78 is 24.0. The van der Waals surface area contributed by atoms with E-state index in [1.54, 1.807) is 14.0 Å². The summed E-state index contributed by atoms with van der Waals surface area (Å²) >= 11 is 0. The van der Waals surface area contributed by atoms with Crippen molar-refractivity contribution in [2.45, 2.75) is 13.5 Å². The Balaban J connectivity index is 2.15. The molecule has 0 saturated carbocycles. The second-order valence-corrected chi connectivity index (χ2v) is 4.46. The minimum absolute atomic E-state index is 0.291. The van der Waals surface area contributed by atoms with Crippen molar-refractivity contribution in [3.63, 3.8) is 0 Å². The first-order chi connectivity index (χ1) is 10.1. The van der Waals surface area contributed by atoms with Gasteiger partial charge in [0.05, 0.1) is 12.8 Å². The third-order valence-electron chi connectivity index (χ3n) is 3.03. The molecule has 0 unspecified atom stereocenters. The number of hydrogen-bond acceptors (Lipinski definition) is 4. The van der Waals surface area contributed by atoms with E-state index in [2.05, 4.69) is 5.16 Å². The van der Waals surface area contributed by atoms with Gasteiger partial charge in [0.25, 0.3) is 0 Å². The zero-order chi connectivity index (χ0) is 15.2. The SMILES string of the molecule is COc1ccc(COc2ccc(F)cc2C(C)=NO)cc1. The Morgan fingerprint density at radius 2 is 1.90 bits per heavy atom. The fourth-order valence-electron chi connectivity index (χ4n) is 1.85. The fraction of sp³-hybridized carbons (Fsp3) is 0.188. The maximum atomic E-state index is 13.3. The number of rotatable bonds is 5. The minimum atomic E-state index is -0.412. The molecule has 21 heavy (non-hydrogen) atoms. The number of nitrogens with zero attached hydrogens (tertiary/aromatic N) is 1. The van der Waals surface area contributed by atoms with Crippen LogP contribution in [0.5, 0.6) is 11.5 Å². The van der Waals surface area contributed by atoms with E-state index >= 15 is 0 Å². The quantitative estimate of drug-likeness (QED) is 0.519. The Kier molecular flexibility index (Phi) is 4.77. The van der Waals surface area contributed by atoms with Crippen LogP contribution in [-0.2, 0) is 6.61 Å². The number of oxime groups is 1. The first-order valence-corrected chi connectivity index (χ1v) is 6.38. The molecule has 0 radical (unpaired) electrons. The van der Waals surface area contributed by atoms with E-state index in [9.17, 15) is 4.39 Å². The highest BCUT2D eigenvalue weighted by Gasteiger charge is 2.09. The van der Waals surface area contributed by atoms with Gasteiger partial charge in [0.2, 0.25) is 0 Å². The second-order valence-electron chi connectivity index (χ2n) is 4.46. The number of benzene rings is 2. The first-order valence-electron chi connectivity index (χ1n) is 6.38. The summed E-state index contributed by atoms with van der Waals surface area (Å²) in [7, 11) is 1.60. The summed E-state index contributed by atoms with van der Waals surface area (Å²) in [6.45, 7) is 1.90. The summed E-state index contributed by atoms with van der Waals surface area (Å²) in [5.41, 5.74) is 1.66. The van der Waals surface area contributed by atoms with Crippen LogP contribution in [0.1, 0.15) is 18.1 Å². The lowest BCUT2D eigenvalue weighted by atomic mass is 10.1. The highest BCUT2D eigenvalue weighted by atomic mass is 19.1. The van der Waals surface area contributed by atoms with Gasteiger partial charge in [-0.15, -0.1) is 0 Å². The third-order valence-corrected chi connectivity index (χ3v) is 3.03. The molecule has 0 spiro atoms. The van der Waals surface area contributed by atoms with Crippen LogP contribution in [0.3, 0.4) is 0 Å². The van der Waals surface area contributed by atoms with Crippen molar-refractivity contribution in [3.8, 4) is 11.5 Å². The van der Waals surface area contributed by atoms with Gasteiger partial charge < -0.3 is 14.7 Å². The largest absolute Gasteiger partial charge is 0.497 e. The maximum Gasteiger partial charge on any atom is 0.129 e. The standard InChI is InChI=1S/C16H16FNO3/c1-11(18-19)15-9-13(17)5-8-16(15)21-10-12-3-6-14(20-2)7-4-12/h3-9,19H,10H2,1-2H3. The summed E-state index contributed by atoms with van der Waals surface area (Å²) in [6.07, 6.45) is 0. The average Bonchev–Trinajstić information content (AvgIpc) is 2.53. The molecule has 0 heterocycles. The molecular weight excluding hydrogens is 273 g/mol. The van der Waals surface area contributed by atoms with Crippen LogP contribution in [-0.4, -0.2) is 18.0 Å². The van der Waals surface area contributed by atoms with E-state index in [1.807, 2.05) is 24.3 Å². The Morgan fingerprint density at radius 1 is 1.19 bits per heavy atom. The molecule has 0 aromatic heterocycles. The van der Waals surface area contributed by atoms with Crippen LogP contribution in [0.15, 0.2) is 47.6 Å². The normalized spacial score (nSPS) is 11.3. The van der Waals surface area contributed by atoms with E-state index in [0.29, 0.717) is 23.6 Å². The summed E-state index contributed by atoms with van der Waals surface area (Å²) in [4.78, 5) is 0. The smallest absolute Gasteiger partial charge is 0.129 e. The summed E-state index contributed by atoms with van der Waals surface area (Å²) in [5.74, 6) is 0.816. The molecule has 2 rings (SSSR count). The number of hydrogen-bond donors (Lipinski definition) is 1. The lowest BCUT2D eigenvalue weighted by Crippen LogP contribution is -2.03. The van der Waals surface area contributed by atoms with Crippen molar-refractivity contribution in [1.82, 2.24) is 0 Å². The Bertz CT molecular complexity index is 638. The monoisotopic (exact) mass is 289 g/mol. The van der Waals surface area contributed by atoms with E-state index in [1.165, 1.54) is 18.2 Å². The fourth-order valence-corrected chi connectivity index (χ4v) is 1.85. The van der Waals surface area contributed by atoms with E-state index in [-0.39, 0.29) is 0 Å². The van der Waals surface area contributed by atoms with Crippen LogP contribution in [0.2, 0.25) is 0 Å². The average molecular weight is 289 g/mol. The molecule has 110 valence electrons. The maximum absolute atomic E-state index is 13.3. The Hall–Kier alpha value is -2.56. The molecule has 2 aromatic carbocycles. The van der Waals surface area contributed by atoms with Gasteiger partial charge in [-0.3, -0.25) is 0 Å². The molecule has 0 amide bonds. The van der Waals surface area contributed by atoms with E-state index in [4.69, 9.17) is 14.7 Å². The number of halogens is 1.